The normalized spacial score (nSPS) is 11.1. The highest BCUT2D eigenvalue weighted by Gasteiger charge is 2.10. The summed E-state index contributed by atoms with van der Waals surface area (Å²) in [5.74, 6) is 0. The van der Waals surface area contributed by atoms with Crippen LogP contribution in [0.3, 0.4) is 0 Å². The molecule has 0 fully saturated rings. The van der Waals surface area contributed by atoms with Crippen LogP contribution in [0.25, 0.3) is 22.3 Å². The molecule has 0 amide bonds. The van der Waals surface area contributed by atoms with Gasteiger partial charge in [0, 0.05) is 17.0 Å². The molecule has 0 bridgehead atoms. The second kappa shape index (κ2) is 14.6. The van der Waals surface area contributed by atoms with E-state index in [1.54, 1.807) is 24.3 Å². The molecule has 0 aliphatic carbocycles. The van der Waals surface area contributed by atoms with E-state index >= 15 is 0 Å². The van der Waals surface area contributed by atoms with E-state index in [2.05, 4.69) is 74.8 Å². The van der Waals surface area contributed by atoms with E-state index in [1.807, 2.05) is 24.3 Å². The molecule has 0 unspecified atom stereocenters. The van der Waals surface area contributed by atoms with Crippen LogP contribution < -0.4 is 0 Å². The Bertz CT molecular complexity index is 1620. The minimum Gasteiger partial charge on any atom is -0.427 e. The van der Waals surface area contributed by atoms with Gasteiger partial charge < -0.3 is 10.0 Å². The summed E-state index contributed by atoms with van der Waals surface area (Å²) < 4.78 is 46.8. The van der Waals surface area contributed by atoms with Crippen LogP contribution in [0.4, 0.5) is 0 Å². The monoisotopic (exact) mass is 672 g/mol. The van der Waals surface area contributed by atoms with E-state index in [-0.39, 0.29) is 0 Å². The third-order valence-electron chi connectivity index (χ3n) is 6.61. The molecule has 0 saturated heterocycles. The zero-order valence-corrected chi connectivity index (χ0v) is 28.4. The molecule has 2 N–H and O–H groups in total. The molecule has 0 aliphatic rings. The Balaban J connectivity index is 0.000000261. The molecule has 4 rings (SSSR count). The van der Waals surface area contributed by atoms with Crippen LogP contribution in [0.1, 0.15) is 27.8 Å². The van der Waals surface area contributed by atoms with Crippen molar-refractivity contribution in [3.05, 3.63) is 105 Å². The van der Waals surface area contributed by atoms with Crippen molar-refractivity contribution >= 4 is 42.7 Å². The molecule has 4 aromatic carbocycles. The summed E-state index contributed by atoms with van der Waals surface area (Å²) in [6, 6.07) is 22.5. The highest BCUT2D eigenvalue weighted by molar-refractivity contribution is 9.10. The first-order valence-electron chi connectivity index (χ1n) is 13.1. The Morgan fingerprint density at radius 1 is 0.548 bits per heavy atom. The summed E-state index contributed by atoms with van der Waals surface area (Å²) in [6.07, 6.45) is 2.44. The van der Waals surface area contributed by atoms with Gasteiger partial charge in [-0.2, -0.15) is 0 Å². The molecule has 10 heteroatoms. The van der Waals surface area contributed by atoms with Gasteiger partial charge in [-0.1, -0.05) is 58.4 Å². The molecule has 0 spiro atoms. The van der Waals surface area contributed by atoms with Crippen molar-refractivity contribution in [1.82, 2.24) is 0 Å². The lowest BCUT2D eigenvalue weighted by Gasteiger charge is -2.10. The largest absolute Gasteiger partial charge is 0.448 e. The van der Waals surface area contributed by atoms with Gasteiger partial charge in [0.25, 0.3) is 0 Å². The van der Waals surface area contributed by atoms with Gasteiger partial charge in [0.05, 0.1) is 9.79 Å². The Kier molecular flexibility index (Phi) is 12.3. The van der Waals surface area contributed by atoms with Crippen molar-refractivity contribution in [1.29, 1.82) is 0 Å². The second-order valence-corrected chi connectivity index (χ2v) is 15.3. The zero-order chi connectivity index (χ0) is 32.0. The van der Waals surface area contributed by atoms with Crippen LogP contribution in [-0.4, -0.2) is 46.5 Å². The molecule has 0 saturated carbocycles. The van der Waals surface area contributed by atoms with Crippen molar-refractivity contribution in [2.45, 2.75) is 51.2 Å². The van der Waals surface area contributed by atoms with Crippen molar-refractivity contribution in [2.24, 2.45) is 0 Å². The maximum Gasteiger partial charge on any atom is 0.448 e. The summed E-state index contributed by atoms with van der Waals surface area (Å²) >= 11 is 3.56. The highest BCUT2D eigenvalue weighted by Crippen LogP contribution is 2.31. The fourth-order valence-corrected chi connectivity index (χ4v) is 5.98. The fourth-order valence-electron chi connectivity index (χ4n) is 4.04. The van der Waals surface area contributed by atoms with Gasteiger partial charge in [-0.05, 0) is 122 Å². The number of hydrogen-bond donors (Lipinski definition) is 2. The first-order chi connectivity index (χ1) is 19.3. The summed E-state index contributed by atoms with van der Waals surface area (Å²) in [5, 5.41) is 15.2. The lowest BCUT2D eigenvalue weighted by atomic mass is 9.96. The maximum atomic E-state index is 11.4. The molecule has 0 heterocycles. The summed E-state index contributed by atoms with van der Waals surface area (Å²) in [5.41, 5.74) is 10.4. The quantitative estimate of drug-likeness (QED) is 0.228. The van der Waals surface area contributed by atoms with E-state index in [9.17, 15) is 16.8 Å². The Morgan fingerprint density at radius 2 is 0.857 bits per heavy atom. The SMILES string of the molecule is CB(O)O.Cc1cc(Br)c(-c2ccc(S(C)(=O)=O)cc2)cc1C.Cc1cc(C)c(-c2ccc(S(C)(=O)=O)cc2)cc1C. The smallest absolute Gasteiger partial charge is 0.427 e. The van der Waals surface area contributed by atoms with Gasteiger partial charge in [0.15, 0.2) is 19.7 Å². The molecule has 4 aromatic rings. The summed E-state index contributed by atoms with van der Waals surface area (Å²) in [7, 11) is -7.43. The molecule has 0 radical (unpaired) electrons. The zero-order valence-electron chi connectivity index (χ0n) is 25.2. The van der Waals surface area contributed by atoms with Gasteiger partial charge >= 0.3 is 7.12 Å². The highest BCUT2D eigenvalue weighted by atomic mass is 79.9. The van der Waals surface area contributed by atoms with Gasteiger partial charge in [0.2, 0.25) is 0 Å². The van der Waals surface area contributed by atoms with Gasteiger partial charge in [-0.25, -0.2) is 16.8 Å². The van der Waals surface area contributed by atoms with Crippen LogP contribution >= 0.6 is 15.9 Å². The molecule has 224 valence electrons. The average Bonchev–Trinajstić information content (AvgIpc) is 2.88. The van der Waals surface area contributed by atoms with Crippen LogP contribution in [-0.2, 0) is 19.7 Å². The van der Waals surface area contributed by atoms with Gasteiger partial charge in [-0.15, -0.1) is 0 Å². The Morgan fingerprint density at radius 3 is 1.24 bits per heavy atom. The summed E-state index contributed by atoms with van der Waals surface area (Å²) in [4.78, 5) is 0.703. The molecule has 42 heavy (non-hydrogen) atoms. The number of halogens is 1. The lowest BCUT2D eigenvalue weighted by molar-refractivity contribution is 0.417. The predicted octanol–water partition coefficient (Wildman–Crippen LogP) is 6.91. The first-order valence-corrected chi connectivity index (χ1v) is 17.7. The molecular formula is C32H38BBrO6S2. The van der Waals surface area contributed by atoms with Crippen molar-refractivity contribution in [3.63, 3.8) is 0 Å². The van der Waals surface area contributed by atoms with Crippen molar-refractivity contribution in [3.8, 4) is 22.3 Å². The molecule has 6 nitrogen and oxygen atoms in total. The molecular weight excluding hydrogens is 635 g/mol. The third-order valence-corrected chi connectivity index (χ3v) is 9.52. The topological polar surface area (TPSA) is 109 Å². The average molecular weight is 674 g/mol. The van der Waals surface area contributed by atoms with Gasteiger partial charge in [-0.3, -0.25) is 0 Å². The Hall–Kier alpha value is -2.76. The van der Waals surface area contributed by atoms with E-state index in [0.29, 0.717) is 9.79 Å². The van der Waals surface area contributed by atoms with Gasteiger partial charge in [0.1, 0.15) is 0 Å². The van der Waals surface area contributed by atoms with Crippen LogP contribution in [0.15, 0.2) is 87.1 Å². The maximum absolute atomic E-state index is 11.4. The van der Waals surface area contributed by atoms with E-state index in [4.69, 9.17) is 10.0 Å². The third kappa shape index (κ3) is 10.2. The van der Waals surface area contributed by atoms with E-state index < -0.39 is 26.8 Å². The number of aryl methyl sites for hydroxylation is 5. The molecule has 0 atom stereocenters. The van der Waals surface area contributed by atoms with E-state index in [1.165, 1.54) is 47.2 Å². The standard InChI is InChI=1S/C16H18O2S.C15H15BrO2S.CH5BO2/c1-11-9-13(3)16(10-12(11)2)14-5-7-15(8-6-14)19(4,17)18;1-10-8-14(15(16)9-11(10)2)12-4-6-13(7-5-12)19(3,17)18;1-2(3)4/h5-10H,1-4H3;4-9H,1-3H3;3-4H,1H3. The minimum absolute atomic E-state index is 0.344. The first kappa shape index (κ1) is 35.4. The van der Waals surface area contributed by atoms with E-state index in [0.717, 1.165) is 26.7 Å². The number of hydrogen-bond acceptors (Lipinski definition) is 6. The van der Waals surface area contributed by atoms with Crippen LogP contribution in [0.5, 0.6) is 0 Å². The number of rotatable bonds is 4. The predicted molar refractivity (Wildman–Crippen MR) is 177 cm³/mol. The molecule has 0 aromatic heterocycles. The summed E-state index contributed by atoms with van der Waals surface area (Å²) in [6.45, 7) is 11.7. The van der Waals surface area contributed by atoms with Crippen LogP contribution in [0, 0.1) is 34.6 Å². The fraction of sp³-hybridized carbons (Fsp3) is 0.250. The lowest BCUT2D eigenvalue weighted by Crippen LogP contribution is -2.00. The Labute approximate surface area is 259 Å². The minimum atomic E-state index is -3.14. The van der Waals surface area contributed by atoms with Crippen molar-refractivity contribution in [2.75, 3.05) is 12.5 Å². The van der Waals surface area contributed by atoms with Crippen molar-refractivity contribution < 1.29 is 26.9 Å². The molecule has 0 aliphatic heterocycles. The second-order valence-electron chi connectivity index (χ2n) is 10.4. The number of benzene rings is 4. The van der Waals surface area contributed by atoms with Crippen LogP contribution in [0.2, 0.25) is 6.82 Å². The number of sulfone groups is 2.